The molecule has 1 heterocycles. The van der Waals surface area contributed by atoms with Gasteiger partial charge in [-0.1, -0.05) is 22.0 Å². The molecule has 0 spiro atoms. The Labute approximate surface area is 120 Å². The van der Waals surface area contributed by atoms with Crippen molar-refractivity contribution in [2.75, 3.05) is 12.8 Å². The average Bonchev–Trinajstić information content (AvgIpc) is 2.37. The molecule has 2 aromatic rings. The summed E-state index contributed by atoms with van der Waals surface area (Å²) < 4.78 is 14.7. The van der Waals surface area contributed by atoms with Gasteiger partial charge in [0.2, 0.25) is 0 Å². The van der Waals surface area contributed by atoms with Crippen LogP contribution in [0, 0.1) is 5.82 Å². The molecule has 5 heteroatoms. The smallest absolute Gasteiger partial charge is 0.129 e. The van der Waals surface area contributed by atoms with E-state index in [4.69, 9.17) is 5.73 Å². The van der Waals surface area contributed by atoms with E-state index in [0.29, 0.717) is 17.8 Å². The first kappa shape index (κ1) is 14.0. The van der Waals surface area contributed by atoms with Crippen molar-refractivity contribution in [3.05, 3.63) is 57.9 Å². The molecule has 1 unspecified atom stereocenters. The van der Waals surface area contributed by atoms with Crippen molar-refractivity contribution in [1.82, 2.24) is 10.3 Å². The molecule has 3 nitrogen and oxygen atoms in total. The zero-order chi connectivity index (χ0) is 13.8. The third-order valence-electron chi connectivity index (χ3n) is 2.97. The highest BCUT2D eigenvalue weighted by Crippen LogP contribution is 2.24. The highest BCUT2D eigenvalue weighted by Gasteiger charge is 2.15. The number of hydrogen-bond acceptors (Lipinski definition) is 3. The molecule has 100 valence electrons. The van der Waals surface area contributed by atoms with Gasteiger partial charge in [0.25, 0.3) is 0 Å². The minimum absolute atomic E-state index is 0.102. The number of pyridine rings is 1. The van der Waals surface area contributed by atoms with Crippen LogP contribution in [-0.2, 0) is 6.42 Å². The van der Waals surface area contributed by atoms with Crippen LogP contribution in [0.2, 0.25) is 0 Å². The Bertz CT molecular complexity index is 574. The maximum absolute atomic E-state index is 14.0. The summed E-state index contributed by atoms with van der Waals surface area (Å²) in [5.41, 5.74) is 7.31. The molecule has 1 aromatic heterocycles. The molecule has 0 aliphatic carbocycles. The van der Waals surface area contributed by atoms with E-state index in [1.807, 2.05) is 19.2 Å². The molecule has 1 atom stereocenters. The van der Waals surface area contributed by atoms with Crippen LogP contribution in [0.25, 0.3) is 0 Å². The molecule has 19 heavy (non-hydrogen) atoms. The van der Waals surface area contributed by atoms with Gasteiger partial charge in [-0.3, -0.25) is 0 Å². The Kier molecular flexibility index (Phi) is 4.50. The number of likely N-dealkylation sites (N-methyl/N-ethyl adjacent to an activating group) is 1. The van der Waals surface area contributed by atoms with Crippen LogP contribution in [-0.4, -0.2) is 12.0 Å². The van der Waals surface area contributed by atoms with Crippen LogP contribution in [0.5, 0.6) is 0 Å². The fourth-order valence-electron chi connectivity index (χ4n) is 2.01. The first-order valence-corrected chi connectivity index (χ1v) is 6.72. The number of anilines is 1. The van der Waals surface area contributed by atoms with E-state index in [9.17, 15) is 4.39 Å². The zero-order valence-electron chi connectivity index (χ0n) is 10.5. The number of nitrogens with zero attached hydrogens (tertiary/aromatic N) is 1. The molecule has 0 saturated heterocycles. The molecule has 0 bridgehead atoms. The van der Waals surface area contributed by atoms with Crippen molar-refractivity contribution in [2.24, 2.45) is 0 Å². The molecule has 0 aliphatic heterocycles. The van der Waals surface area contributed by atoms with Gasteiger partial charge in [-0.15, -0.1) is 0 Å². The van der Waals surface area contributed by atoms with Gasteiger partial charge < -0.3 is 11.1 Å². The molecule has 3 N–H and O–H groups in total. The average molecular weight is 324 g/mol. The lowest BCUT2D eigenvalue weighted by molar-refractivity contribution is 0.533. The second-order valence-corrected chi connectivity index (χ2v) is 5.22. The summed E-state index contributed by atoms with van der Waals surface area (Å²) in [5.74, 6) is 0.249. The zero-order valence-corrected chi connectivity index (χ0v) is 12.1. The van der Waals surface area contributed by atoms with E-state index >= 15 is 0 Å². The molecule has 0 radical (unpaired) electrons. The van der Waals surface area contributed by atoms with Crippen LogP contribution < -0.4 is 11.1 Å². The molecule has 1 aromatic carbocycles. The maximum Gasteiger partial charge on any atom is 0.129 e. The van der Waals surface area contributed by atoms with Crippen LogP contribution in [0.3, 0.4) is 0 Å². The lowest BCUT2D eigenvalue weighted by Crippen LogP contribution is -2.20. The maximum atomic E-state index is 14.0. The number of hydrogen-bond donors (Lipinski definition) is 2. The van der Waals surface area contributed by atoms with Gasteiger partial charge in [0.05, 0.1) is 0 Å². The first-order chi connectivity index (χ1) is 9.10. The molecular formula is C14H15BrFN3. The normalized spacial score (nSPS) is 12.4. The number of halogens is 2. The van der Waals surface area contributed by atoms with Crippen molar-refractivity contribution in [3.8, 4) is 0 Å². The van der Waals surface area contributed by atoms with Gasteiger partial charge in [-0.2, -0.15) is 0 Å². The van der Waals surface area contributed by atoms with E-state index in [-0.39, 0.29) is 11.9 Å². The Hall–Kier alpha value is -1.46. The molecule has 0 fully saturated rings. The van der Waals surface area contributed by atoms with Crippen molar-refractivity contribution in [3.63, 3.8) is 0 Å². The Morgan fingerprint density at radius 1 is 1.37 bits per heavy atom. The van der Waals surface area contributed by atoms with Crippen LogP contribution in [0.15, 0.2) is 41.0 Å². The van der Waals surface area contributed by atoms with E-state index < -0.39 is 0 Å². The van der Waals surface area contributed by atoms with E-state index in [1.165, 1.54) is 6.07 Å². The lowest BCUT2D eigenvalue weighted by atomic mass is 9.99. The first-order valence-electron chi connectivity index (χ1n) is 5.92. The predicted molar refractivity (Wildman–Crippen MR) is 78.3 cm³/mol. The SMILES string of the molecule is CNC(Cc1ccnc(N)c1)c1ccc(Br)cc1F. The summed E-state index contributed by atoms with van der Waals surface area (Å²) in [6.07, 6.45) is 2.32. The van der Waals surface area contributed by atoms with Gasteiger partial charge in [0, 0.05) is 22.3 Å². The largest absolute Gasteiger partial charge is 0.384 e. The van der Waals surface area contributed by atoms with Gasteiger partial charge in [-0.05, 0) is 43.3 Å². The monoisotopic (exact) mass is 323 g/mol. The second kappa shape index (κ2) is 6.12. The molecule has 0 aliphatic rings. The van der Waals surface area contributed by atoms with Gasteiger partial charge in [0.15, 0.2) is 0 Å². The quantitative estimate of drug-likeness (QED) is 0.909. The summed E-state index contributed by atoms with van der Waals surface area (Å²) in [4.78, 5) is 3.95. The van der Waals surface area contributed by atoms with Crippen molar-refractivity contribution >= 4 is 21.7 Å². The van der Waals surface area contributed by atoms with Crippen molar-refractivity contribution < 1.29 is 4.39 Å². The minimum atomic E-state index is -0.226. The number of benzene rings is 1. The van der Waals surface area contributed by atoms with Crippen LogP contribution >= 0.6 is 15.9 Å². The molecule has 0 amide bonds. The highest BCUT2D eigenvalue weighted by molar-refractivity contribution is 9.10. The summed E-state index contributed by atoms with van der Waals surface area (Å²) in [5, 5.41) is 3.13. The van der Waals surface area contributed by atoms with Crippen LogP contribution in [0.1, 0.15) is 17.2 Å². The Morgan fingerprint density at radius 3 is 2.79 bits per heavy atom. The third kappa shape index (κ3) is 3.52. The van der Waals surface area contributed by atoms with E-state index in [1.54, 1.807) is 18.3 Å². The standard InChI is InChI=1S/C14H15BrFN3/c1-18-13(6-9-4-5-19-14(17)7-9)11-3-2-10(15)8-12(11)16/h2-5,7-8,13,18H,6H2,1H3,(H2,17,19). The predicted octanol–water partition coefficient (Wildman–Crippen LogP) is 3.07. The van der Waals surface area contributed by atoms with Gasteiger partial charge >= 0.3 is 0 Å². The molecule has 2 rings (SSSR count). The minimum Gasteiger partial charge on any atom is -0.384 e. The Balaban J connectivity index is 2.25. The number of rotatable bonds is 4. The van der Waals surface area contributed by atoms with Crippen molar-refractivity contribution in [2.45, 2.75) is 12.5 Å². The summed E-state index contributed by atoms with van der Waals surface area (Å²) in [6, 6.07) is 8.68. The van der Waals surface area contributed by atoms with Crippen LogP contribution in [0.4, 0.5) is 10.2 Å². The fourth-order valence-corrected chi connectivity index (χ4v) is 2.34. The number of nitrogen functional groups attached to an aromatic ring is 1. The summed E-state index contributed by atoms with van der Waals surface area (Å²) in [6.45, 7) is 0. The Morgan fingerprint density at radius 2 is 2.16 bits per heavy atom. The molecular weight excluding hydrogens is 309 g/mol. The van der Waals surface area contributed by atoms with Gasteiger partial charge in [-0.25, -0.2) is 9.37 Å². The van der Waals surface area contributed by atoms with E-state index in [2.05, 4.69) is 26.2 Å². The molecule has 0 saturated carbocycles. The summed E-state index contributed by atoms with van der Waals surface area (Å²) >= 11 is 3.26. The third-order valence-corrected chi connectivity index (χ3v) is 3.46. The topological polar surface area (TPSA) is 50.9 Å². The lowest BCUT2D eigenvalue weighted by Gasteiger charge is -2.17. The highest BCUT2D eigenvalue weighted by atomic mass is 79.9. The van der Waals surface area contributed by atoms with Crippen molar-refractivity contribution in [1.29, 1.82) is 0 Å². The number of nitrogens with two attached hydrogens (primary N) is 1. The number of nitrogens with one attached hydrogen (secondary N) is 1. The fraction of sp³-hybridized carbons (Fsp3) is 0.214. The van der Waals surface area contributed by atoms with Gasteiger partial charge in [0.1, 0.15) is 11.6 Å². The second-order valence-electron chi connectivity index (χ2n) is 4.30. The summed E-state index contributed by atoms with van der Waals surface area (Å²) in [7, 11) is 1.82. The van der Waals surface area contributed by atoms with E-state index in [0.717, 1.165) is 10.0 Å². The number of aromatic nitrogens is 1.